The Morgan fingerprint density at radius 2 is 1.94 bits per heavy atom. The number of hydrogen-bond acceptors (Lipinski definition) is 5. The quantitative estimate of drug-likeness (QED) is 0.413. The van der Waals surface area contributed by atoms with Gasteiger partial charge in [0.25, 0.3) is 0 Å². The second-order valence-corrected chi connectivity index (χ2v) is 2.30. The molecule has 84 valence electrons. The van der Waals surface area contributed by atoms with Gasteiger partial charge in [-0.3, -0.25) is 9.79 Å². The molecule has 0 N–H and O–H groups in total. The normalized spacial score (nSPS) is 14.3. The van der Waals surface area contributed by atoms with Crippen LogP contribution in [0.5, 0.6) is 0 Å². The monoisotopic (exact) mass is 246 g/mol. The predicted octanol–water partition coefficient (Wildman–Crippen LogP) is -3.64. The number of carbonyl (C=O) groups is 2. The zero-order valence-electron chi connectivity index (χ0n) is 8.32. The molecule has 0 spiro atoms. The van der Waals surface area contributed by atoms with Gasteiger partial charge in [0.1, 0.15) is 12.3 Å². The maximum Gasteiger partial charge on any atom is 1.00 e. The van der Waals surface area contributed by atoms with Crippen molar-refractivity contribution >= 4 is 24.3 Å². The summed E-state index contributed by atoms with van der Waals surface area (Å²) in [4.78, 5) is 26.6. The number of rotatable bonds is 0. The van der Waals surface area contributed by atoms with Gasteiger partial charge in [-0.05, 0) is 0 Å². The van der Waals surface area contributed by atoms with E-state index < -0.39 is 12.1 Å². The Morgan fingerprint density at radius 3 is 2.38 bits per heavy atom. The number of carboxylic acids is 1. The summed E-state index contributed by atoms with van der Waals surface area (Å²) in [5.41, 5.74) is 0. The predicted molar refractivity (Wildman–Crippen MR) is 42.5 cm³/mol. The number of halogens is 3. The Kier molecular flexibility index (Phi) is 9.30. The molecular weight excluding hydrogens is 240 g/mol. The molecule has 0 unspecified atom stereocenters. The van der Waals surface area contributed by atoms with Crippen molar-refractivity contribution in [3.05, 3.63) is 0 Å². The van der Waals surface area contributed by atoms with Gasteiger partial charge in [-0.25, -0.2) is 4.99 Å². The zero-order valence-corrected chi connectivity index (χ0v) is 10.3. The Morgan fingerprint density at radius 1 is 1.44 bits per heavy atom. The summed E-state index contributed by atoms with van der Waals surface area (Å²) in [7, 11) is 0. The number of alkyl halides is 3. The van der Waals surface area contributed by atoms with Crippen molar-refractivity contribution in [3.63, 3.8) is 0 Å². The molecule has 0 aromatic rings. The number of nitrogens with zero attached hydrogens (tertiary/aromatic N) is 2. The van der Waals surface area contributed by atoms with Crippen LogP contribution in [0.25, 0.3) is 0 Å². The molecule has 0 amide bonds. The fourth-order valence-corrected chi connectivity index (χ4v) is 0.461. The minimum absolute atomic E-state index is 0. The summed E-state index contributed by atoms with van der Waals surface area (Å²) in [6.45, 7) is 0.582. The Labute approximate surface area is 111 Å². The number of hydrogen-bond donors (Lipinski definition) is 0. The van der Waals surface area contributed by atoms with Crippen LogP contribution in [0.15, 0.2) is 9.98 Å². The van der Waals surface area contributed by atoms with Crippen molar-refractivity contribution in [1.82, 2.24) is 0 Å². The molecule has 0 aromatic heterocycles. The molecule has 1 aliphatic rings. The third-order valence-corrected chi connectivity index (χ3v) is 1.09. The summed E-state index contributed by atoms with van der Waals surface area (Å²) in [5, 5.41) is 8.78. The van der Waals surface area contributed by atoms with Gasteiger partial charge in [-0.15, -0.1) is 0 Å². The molecule has 1 aliphatic heterocycles. The van der Waals surface area contributed by atoms with Gasteiger partial charge in [0, 0.05) is 13.0 Å². The summed E-state index contributed by atoms with van der Waals surface area (Å²) in [6, 6.07) is 0. The molecule has 1 rings (SSSR count). The molecule has 1 heterocycles. The number of ketones is 1. The van der Waals surface area contributed by atoms with Gasteiger partial charge in [0.15, 0.2) is 5.78 Å². The summed E-state index contributed by atoms with van der Waals surface area (Å²) in [5.74, 6) is -2.95. The molecule has 0 fully saturated rings. The van der Waals surface area contributed by atoms with E-state index in [0.29, 0.717) is 13.0 Å². The molecule has 5 nitrogen and oxygen atoms in total. The van der Waals surface area contributed by atoms with Crippen molar-refractivity contribution < 1.29 is 57.4 Å². The maximum atomic E-state index is 10.5. The summed E-state index contributed by atoms with van der Waals surface area (Å²) >= 11 is 0. The van der Waals surface area contributed by atoms with Gasteiger partial charge >= 0.3 is 35.7 Å². The first kappa shape index (κ1) is 17.7. The second-order valence-electron chi connectivity index (χ2n) is 2.30. The molecule has 0 saturated carbocycles. The van der Waals surface area contributed by atoms with Gasteiger partial charge in [0.2, 0.25) is 0 Å². The van der Waals surface area contributed by atoms with Crippen LogP contribution in [0, 0.1) is 0 Å². The van der Waals surface area contributed by atoms with Gasteiger partial charge in [-0.1, -0.05) is 0 Å². The standard InChI is InChI=1S/C5H6N2O.C2HF3O2.Na/c8-5-1-2-6-4-7-3-5;3-2(4,5)1(6)7;/h3-4H,1-2H2;(H,6,7);/q;;+1/p-1. The van der Waals surface area contributed by atoms with Crippen LogP contribution in [-0.4, -0.2) is 37.0 Å². The first-order valence-electron chi connectivity index (χ1n) is 3.66. The maximum absolute atomic E-state index is 10.5. The topological polar surface area (TPSA) is 81.9 Å². The van der Waals surface area contributed by atoms with Gasteiger partial charge < -0.3 is 9.90 Å². The number of aliphatic imine (C=N–C) groups is 2. The molecule has 0 aliphatic carbocycles. The van der Waals surface area contributed by atoms with Crippen LogP contribution < -0.4 is 34.7 Å². The summed E-state index contributed by atoms with van der Waals surface area (Å²) < 4.78 is 31.5. The first-order chi connectivity index (χ1) is 6.84. The van der Waals surface area contributed by atoms with Crippen molar-refractivity contribution in [2.24, 2.45) is 9.98 Å². The fourth-order valence-electron chi connectivity index (χ4n) is 0.461. The number of carbonyl (C=O) groups excluding carboxylic acids is 2. The van der Waals surface area contributed by atoms with Crippen molar-refractivity contribution in [1.29, 1.82) is 0 Å². The smallest absolute Gasteiger partial charge is 0.542 e. The second kappa shape index (κ2) is 8.43. The SMILES string of the molecule is O=C([O-])C(F)(F)F.O=C1C=NC=NCC1.[Na+]. The van der Waals surface area contributed by atoms with Crippen LogP contribution in [0.4, 0.5) is 13.2 Å². The van der Waals surface area contributed by atoms with E-state index >= 15 is 0 Å². The Bertz CT molecular complexity index is 302. The molecule has 0 atom stereocenters. The zero-order chi connectivity index (χ0) is 11.9. The van der Waals surface area contributed by atoms with E-state index in [9.17, 15) is 18.0 Å². The van der Waals surface area contributed by atoms with Gasteiger partial charge in [-0.2, -0.15) is 13.2 Å². The third kappa shape index (κ3) is 9.81. The van der Waals surface area contributed by atoms with Crippen LogP contribution in [0.3, 0.4) is 0 Å². The van der Waals surface area contributed by atoms with E-state index in [1.54, 1.807) is 0 Å². The van der Waals surface area contributed by atoms with E-state index in [0.717, 1.165) is 0 Å². The third-order valence-electron chi connectivity index (χ3n) is 1.09. The minimum Gasteiger partial charge on any atom is -0.542 e. The molecule has 9 heteroatoms. The van der Waals surface area contributed by atoms with E-state index in [1.807, 2.05) is 0 Å². The average Bonchev–Trinajstić information content (AvgIpc) is 2.32. The largest absolute Gasteiger partial charge is 1.00 e. The van der Waals surface area contributed by atoms with Crippen molar-refractivity contribution in [2.75, 3.05) is 6.54 Å². The van der Waals surface area contributed by atoms with Crippen LogP contribution in [-0.2, 0) is 9.59 Å². The first-order valence-corrected chi connectivity index (χ1v) is 3.66. The molecule has 16 heavy (non-hydrogen) atoms. The van der Waals surface area contributed by atoms with Crippen LogP contribution in [0.2, 0.25) is 0 Å². The Balaban J connectivity index is 0. The number of Topliss-reactive ketones (excluding diaryl/α,β-unsaturated/α-hetero) is 1. The van der Waals surface area contributed by atoms with E-state index in [1.165, 1.54) is 12.6 Å². The molecular formula is C7H6F3N2NaO3. The average molecular weight is 246 g/mol. The van der Waals surface area contributed by atoms with E-state index in [-0.39, 0.29) is 35.3 Å². The Hall–Kier alpha value is -0.730. The molecule has 0 radical (unpaired) electrons. The number of carboxylic acid groups (broad SMARTS) is 1. The van der Waals surface area contributed by atoms with Gasteiger partial charge in [0.05, 0.1) is 6.21 Å². The van der Waals surface area contributed by atoms with E-state index in [2.05, 4.69) is 9.98 Å². The summed E-state index contributed by atoms with van der Waals surface area (Å²) in [6.07, 6.45) is -1.98. The fraction of sp³-hybridized carbons (Fsp3) is 0.429. The van der Waals surface area contributed by atoms with Crippen molar-refractivity contribution in [2.45, 2.75) is 12.6 Å². The minimum atomic E-state index is -5.19. The van der Waals surface area contributed by atoms with Crippen LogP contribution in [0.1, 0.15) is 6.42 Å². The molecule has 0 aromatic carbocycles. The van der Waals surface area contributed by atoms with E-state index in [4.69, 9.17) is 9.90 Å². The number of aliphatic carboxylic acids is 1. The molecule has 0 bridgehead atoms. The van der Waals surface area contributed by atoms with Crippen molar-refractivity contribution in [3.8, 4) is 0 Å². The molecule has 0 saturated heterocycles. The van der Waals surface area contributed by atoms with Crippen LogP contribution >= 0.6 is 0 Å².